The number of imide groups is 1. The first-order valence-electron chi connectivity index (χ1n) is 11.4. The number of hydrogen-bond donors (Lipinski definition) is 2. The Morgan fingerprint density at radius 3 is 2.77 bits per heavy atom. The smallest absolute Gasteiger partial charge is 0.290 e. The van der Waals surface area contributed by atoms with Gasteiger partial charge in [0.25, 0.3) is 11.1 Å². The number of piperidine rings is 1. The number of rotatable bonds is 7. The van der Waals surface area contributed by atoms with Crippen LogP contribution in [0, 0.1) is 5.92 Å². The Kier molecular flexibility index (Phi) is 7.17. The molecular formula is C25H24ClN5O3S. The predicted octanol–water partition coefficient (Wildman–Crippen LogP) is 4.72. The molecule has 10 heteroatoms. The highest BCUT2D eigenvalue weighted by atomic mass is 35.5. The van der Waals surface area contributed by atoms with Crippen molar-refractivity contribution in [3.8, 4) is 11.3 Å². The molecule has 2 aromatic heterocycles. The SMILES string of the molecule is O=C1NC(=O)/C(=C\c2ccnc(N3CCC(CNCc4ccc(-c5ccccc5Cl)o4)CC3)n2)S1. The zero-order valence-electron chi connectivity index (χ0n) is 18.9. The summed E-state index contributed by atoms with van der Waals surface area (Å²) in [5, 5.41) is 6.08. The molecule has 35 heavy (non-hydrogen) atoms. The molecule has 2 amide bonds. The standard InChI is InChI=1S/C25H24ClN5O3S/c26-20-4-2-1-3-19(20)21-6-5-18(34-21)15-27-14-16-8-11-31(12-9-16)24-28-10-7-17(29-24)13-22-23(32)30-25(33)35-22/h1-7,10,13,16,27H,8-9,11-12,14-15H2,(H,30,32,33)/b22-13+. The van der Waals surface area contributed by atoms with Crippen LogP contribution in [0.15, 0.2) is 58.0 Å². The van der Waals surface area contributed by atoms with Crippen LogP contribution in [0.5, 0.6) is 0 Å². The van der Waals surface area contributed by atoms with Crippen molar-refractivity contribution < 1.29 is 14.0 Å². The number of aromatic nitrogens is 2. The van der Waals surface area contributed by atoms with E-state index in [1.54, 1.807) is 18.3 Å². The minimum atomic E-state index is -0.386. The van der Waals surface area contributed by atoms with Crippen LogP contribution in [-0.2, 0) is 11.3 Å². The second-order valence-corrected chi connectivity index (χ2v) is 9.86. The van der Waals surface area contributed by atoms with Crippen LogP contribution in [0.1, 0.15) is 24.3 Å². The maximum atomic E-state index is 11.8. The fourth-order valence-electron chi connectivity index (χ4n) is 4.17. The van der Waals surface area contributed by atoms with Gasteiger partial charge in [-0.2, -0.15) is 0 Å². The highest BCUT2D eigenvalue weighted by Gasteiger charge is 2.25. The molecule has 2 saturated heterocycles. The van der Waals surface area contributed by atoms with Crippen molar-refractivity contribution in [3.05, 3.63) is 70.0 Å². The van der Waals surface area contributed by atoms with Gasteiger partial charge in [0, 0.05) is 24.8 Å². The first-order valence-corrected chi connectivity index (χ1v) is 12.6. The fourth-order valence-corrected chi connectivity index (χ4v) is 5.06. The van der Waals surface area contributed by atoms with E-state index in [9.17, 15) is 9.59 Å². The van der Waals surface area contributed by atoms with Crippen molar-refractivity contribution in [1.82, 2.24) is 20.6 Å². The second-order valence-electron chi connectivity index (χ2n) is 8.44. The first kappa shape index (κ1) is 23.6. The number of amides is 2. The molecule has 1 aromatic carbocycles. The molecule has 2 fully saturated rings. The lowest BCUT2D eigenvalue weighted by atomic mass is 9.97. The van der Waals surface area contributed by atoms with E-state index in [4.69, 9.17) is 16.0 Å². The van der Waals surface area contributed by atoms with Gasteiger partial charge in [-0.1, -0.05) is 23.7 Å². The van der Waals surface area contributed by atoms with Gasteiger partial charge in [-0.25, -0.2) is 9.97 Å². The van der Waals surface area contributed by atoms with Crippen molar-refractivity contribution in [2.45, 2.75) is 19.4 Å². The van der Waals surface area contributed by atoms with E-state index in [2.05, 4.69) is 25.5 Å². The minimum Gasteiger partial charge on any atom is -0.460 e. The molecular weight excluding hydrogens is 486 g/mol. The van der Waals surface area contributed by atoms with Gasteiger partial charge in [-0.3, -0.25) is 14.9 Å². The largest absolute Gasteiger partial charge is 0.460 e. The van der Waals surface area contributed by atoms with Crippen LogP contribution in [0.25, 0.3) is 17.4 Å². The lowest BCUT2D eigenvalue weighted by molar-refractivity contribution is -0.115. The van der Waals surface area contributed by atoms with E-state index in [0.29, 0.717) is 34.0 Å². The Morgan fingerprint density at radius 1 is 1.17 bits per heavy atom. The number of nitrogens with one attached hydrogen (secondary N) is 2. The van der Waals surface area contributed by atoms with Crippen molar-refractivity contribution in [2.75, 3.05) is 24.5 Å². The first-order chi connectivity index (χ1) is 17.0. The summed E-state index contributed by atoms with van der Waals surface area (Å²) in [6.45, 7) is 3.29. The number of halogens is 1. The lowest BCUT2D eigenvalue weighted by Crippen LogP contribution is -2.38. The van der Waals surface area contributed by atoms with Crippen LogP contribution in [-0.4, -0.2) is 40.7 Å². The molecule has 8 nitrogen and oxygen atoms in total. The Labute approximate surface area is 212 Å². The summed E-state index contributed by atoms with van der Waals surface area (Å²) >= 11 is 7.15. The fraction of sp³-hybridized carbons (Fsp3) is 0.280. The summed E-state index contributed by atoms with van der Waals surface area (Å²) in [7, 11) is 0. The maximum Gasteiger partial charge on any atom is 0.290 e. The molecule has 0 unspecified atom stereocenters. The van der Waals surface area contributed by atoms with Gasteiger partial charge < -0.3 is 14.6 Å². The molecule has 2 N–H and O–H groups in total. The van der Waals surface area contributed by atoms with Gasteiger partial charge in [0.2, 0.25) is 5.95 Å². The van der Waals surface area contributed by atoms with Crippen molar-refractivity contribution >= 4 is 46.5 Å². The molecule has 4 heterocycles. The third-order valence-corrected chi connectivity index (χ3v) is 7.16. The highest BCUT2D eigenvalue weighted by Crippen LogP contribution is 2.29. The molecule has 0 atom stereocenters. The zero-order valence-corrected chi connectivity index (χ0v) is 20.4. The number of hydrogen-bond acceptors (Lipinski definition) is 8. The minimum absolute atomic E-state index is 0.347. The zero-order chi connectivity index (χ0) is 24.2. The quantitative estimate of drug-likeness (QED) is 0.441. The van der Waals surface area contributed by atoms with E-state index in [-0.39, 0.29) is 11.1 Å². The summed E-state index contributed by atoms with van der Waals surface area (Å²) in [5.74, 6) is 2.47. The van der Waals surface area contributed by atoms with E-state index in [1.165, 1.54) is 0 Å². The molecule has 180 valence electrons. The molecule has 0 aliphatic carbocycles. The summed E-state index contributed by atoms with van der Waals surface area (Å²) < 4.78 is 5.96. The van der Waals surface area contributed by atoms with Crippen LogP contribution in [0.3, 0.4) is 0 Å². The number of benzene rings is 1. The molecule has 2 aliphatic rings. The second kappa shape index (κ2) is 10.6. The van der Waals surface area contributed by atoms with Crippen molar-refractivity contribution in [3.63, 3.8) is 0 Å². The molecule has 3 aromatic rings. The third-order valence-electron chi connectivity index (χ3n) is 6.02. The normalized spacial score (nSPS) is 17.9. The number of thioether (sulfide) groups is 1. The average Bonchev–Trinajstić information content (AvgIpc) is 3.45. The van der Waals surface area contributed by atoms with E-state index >= 15 is 0 Å². The number of carbonyl (C=O) groups is 2. The van der Waals surface area contributed by atoms with Gasteiger partial charge in [0.1, 0.15) is 11.5 Å². The molecule has 0 saturated carbocycles. The summed E-state index contributed by atoms with van der Waals surface area (Å²) in [6.07, 6.45) is 5.36. The van der Waals surface area contributed by atoms with E-state index < -0.39 is 0 Å². The van der Waals surface area contributed by atoms with Crippen molar-refractivity contribution in [1.29, 1.82) is 0 Å². The Hall–Kier alpha value is -3.14. The monoisotopic (exact) mass is 509 g/mol. The van der Waals surface area contributed by atoms with Crippen LogP contribution in [0.4, 0.5) is 10.7 Å². The molecule has 0 radical (unpaired) electrons. The van der Waals surface area contributed by atoms with Gasteiger partial charge >= 0.3 is 0 Å². The van der Waals surface area contributed by atoms with Gasteiger partial charge in [-0.15, -0.1) is 0 Å². The topological polar surface area (TPSA) is 100 Å². The maximum absolute atomic E-state index is 11.8. The molecule has 0 bridgehead atoms. The number of anilines is 1. The Morgan fingerprint density at radius 2 is 2.00 bits per heavy atom. The lowest BCUT2D eigenvalue weighted by Gasteiger charge is -2.32. The number of carbonyl (C=O) groups excluding carboxylic acids is 2. The van der Waals surface area contributed by atoms with Crippen LogP contribution >= 0.6 is 23.4 Å². The molecule has 0 spiro atoms. The van der Waals surface area contributed by atoms with Crippen LogP contribution in [0.2, 0.25) is 5.02 Å². The summed E-state index contributed by atoms with van der Waals surface area (Å²) in [5.41, 5.74) is 1.51. The number of nitrogens with zero attached hydrogens (tertiary/aromatic N) is 3. The Balaban J connectivity index is 1.10. The molecule has 2 aliphatic heterocycles. The predicted molar refractivity (Wildman–Crippen MR) is 137 cm³/mol. The van der Waals surface area contributed by atoms with E-state index in [1.807, 2.05) is 36.4 Å². The Bertz CT molecular complexity index is 1270. The summed E-state index contributed by atoms with van der Waals surface area (Å²) in [6, 6.07) is 13.3. The van der Waals surface area contributed by atoms with Gasteiger partial charge in [0.15, 0.2) is 0 Å². The highest BCUT2D eigenvalue weighted by molar-refractivity contribution is 8.18. The van der Waals surface area contributed by atoms with Gasteiger partial charge in [-0.05, 0) is 73.5 Å². The number of furan rings is 1. The van der Waals surface area contributed by atoms with Crippen LogP contribution < -0.4 is 15.5 Å². The van der Waals surface area contributed by atoms with E-state index in [0.717, 1.165) is 61.3 Å². The third kappa shape index (κ3) is 5.75. The van der Waals surface area contributed by atoms with Gasteiger partial charge in [0.05, 0.1) is 22.2 Å². The molecule has 5 rings (SSSR count). The van der Waals surface area contributed by atoms with Crippen molar-refractivity contribution in [2.24, 2.45) is 5.92 Å². The average molecular weight is 510 g/mol. The summed E-state index contributed by atoms with van der Waals surface area (Å²) in [4.78, 5) is 34.6.